The molecule has 0 atom stereocenters. The van der Waals surface area contributed by atoms with Crippen molar-refractivity contribution in [2.75, 3.05) is 31.1 Å². The Morgan fingerprint density at radius 1 is 1.04 bits per heavy atom. The minimum Gasteiger partial charge on any atom is -0.506 e. The molecule has 1 amide bonds. The number of halogens is 1. The van der Waals surface area contributed by atoms with Crippen LogP contribution in [0, 0.1) is 5.82 Å². The van der Waals surface area contributed by atoms with E-state index in [1.54, 1.807) is 18.2 Å². The summed E-state index contributed by atoms with van der Waals surface area (Å²) in [6.45, 7) is 2.52. The summed E-state index contributed by atoms with van der Waals surface area (Å²) in [5.41, 5.74) is 0.751. The van der Waals surface area contributed by atoms with Crippen LogP contribution in [0.15, 0.2) is 48.5 Å². The molecule has 2 aromatic carbocycles. The van der Waals surface area contributed by atoms with Crippen LogP contribution >= 0.6 is 12.2 Å². The standard InChI is InChI=1S/C18H18FN3O2S/c19-14-6-2-1-5-13(14)17(24)20-18(25)22-11-9-21(10-12-22)15-7-3-4-8-16(15)23/h1-8,23H,9-12H2,(H,20,24,25). The molecule has 0 unspecified atom stereocenters. The summed E-state index contributed by atoms with van der Waals surface area (Å²) in [5, 5.41) is 12.8. The number of carbonyl (C=O) groups is 1. The van der Waals surface area contributed by atoms with Crippen molar-refractivity contribution >= 4 is 28.9 Å². The van der Waals surface area contributed by atoms with Gasteiger partial charge in [-0.3, -0.25) is 10.1 Å². The second-order valence-electron chi connectivity index (χ2n) is 5.70. The monoisotopic (exact) mass is 359 g/mol. The number of carbonyl (C=O) groups excluding carboxylic acids is 1. The van der Waals surface area contributed by atoms with Gasteiger partial charge in [-0.25, -0.2) is 4.39 Å². The van der Waals surface area contributed by atoms with Crippen LogP contribution < -0.4 is 10.2 Å². The van der Waals surface area contributed by atoms with Gasteiger partial charge in [0.15, 0.2) is 5.11 Å². The zero-order valence-corrected chi connectivity index (χ0v) is 14.3. The fourth-order valence-corrected chi connectivity index (χ4v) is 3.05. The van der Waals surface area contributed by atoms with E-state index >= 15 is 0 Å². The summed E-state index contributed by atoms with van der Waals surface area (Å²) < 4.78 is 13.7. The molecule has 0 saturated carbocycles. The van der Waals surface area contributed by atoms with Crippen LogP contribution in [0.3, 0.4) is 0 Å². The summed E-state index contributed by atoms with van der Waals surface area (Å²) in [4.78, 5) is 16.1. The minimum absolute atomic E-state index is 0.0299. The third-order valence-electron chi connectivity index (χ3n) is 4.13. The van der Waals surface area contributed by atoms with Gasteiger partial charge in [0.1, 0.15) is 11.6 Å². The van der Waals surface area contributed by atoms with Crippen molar-refractivity contribution in [1.82, 2.24) is 10.2 Å². The smallest absolute Gasteiger partial charge is 0.260 e. The molecular formula is C18H18FN3O2S. The van der Waals surface area contributed by atoms with Crippen molar-refractivity contribution in [2.45, 2.75) is 0 Å². The highest BCUT2D eigenvalue weighted by molar-refractivity contribution is 7.80. The molecule has 2 aromatic rings. The van der Waals surface area contributed by atoms with Gasteiger partial charge >= 0.3 is 0 Å². The SMILES string of the molecule is O=C(NC(=S)N1CCN(c2ccccc2O)CC1)c1ccccc1F. The van der Waals surface area contributed by atoms with Gasteiger partial charge in [-0.1, -0.05) is 24.3 Å². The van der Waals surface area contributed by atoms with Crippen molar-refractivity contribution in [2.24, 2.45) is 0 Å². The first-order chi connectivity index (χ1) is 12.1. The average Bonchev–Trinajstić information content (AvgIpc) is 2.62. The summed E-state index contributed by atoms with van der Waals surface area (Å²) in [5.74, 6) is -0.884. The van der Waals surface area contributed by atoms with Crippen LogP contribution in [0.5, 0.6) is 5.75 Å². The van der Waals surface area contributed by atoms with Crippen molar-refractivity contribution in [1.29, 1.82) is 0 Å². The Labute approximate surface area is 150 Å². The topological polar surface area (TPSA) is 55.8 Å². The largest absolute Gasteiger partial charge is 0.506 e. The molecule has 5 nitrogen and oxygen atoms in total. The van der Waals surface area contributed by atoms with E-state index in [1.807, 2.05) is 17.0 Å². The number of nitrogens with one attached hydrogen (secondary N) is 1. The number of piperazine rings is 1. The predicted octanol–water partition coefficient (Wildman–Crippen LogP) is 2.37. The molecule has 0 aromatic heterocycles. The third kappa shape index (κ3) is 3.88. The Kier molecular flexibility index (Phi) is 5.14. The van der Waals surface area contributed by atoms with Gasteiger partial charge in [-0.15, -0.1) is 0 Å². The fourth-order valence-electron chi connectivity index (χ4n) is 2.77. The Balaban J connectivity index is 1.58. The quantitative estimate of drug-likeness (QED) is 0.807. The van der Waals surface area contributed by atoms with E-state index in [0.29, 0.717) is 26.2 Å². The van der Waals surface area contributed by atoms with Crippen LogP contribution in [0.25, 0.3) is 0 Å². The lowest BCUT2D eigenvalue weighted by atomic mass is 10.2. The average molecular weight is 359 g/mol. The number of benzene rings is 2. The summed E-state index contributed by atoms with van der Waals surface area (Å²) >= 11 is 5.28. The molecule has 0 spiro atoms. The highest BCUT2D eigenvalue weighted by Gasteiger charge is 2.22. The fraction of sp³-hybridized carbons (Fsp3) is 0.222. The number of nitrogens with zero attached hydrogens (tertiary/aromatic N) is 2. The minimum atomic E-state index is -0.577. The molecule has 1 heterocycles. The molecule has 7 heteroatoms. The van der Waals surface area contributed by atoms with Gasteiger partial charge in [-0.05, 0) is 36.5 Å². The number of hydrogen-bond donors (Lipinski definition) is 2. The van der Waals surface area contributed by atoms with E-state index < -0.39 is 11.7 Å². The van der Waals surface area contributed by atoms with Crippen LogP contribution in [0.1, 0.15) is 10.4 Å². The Bertz CT molecular complexity index is 791. The third-order valence-corrected chi connectivity index (χ3v) is 4.49. The maximum atomic E-state index is 13.7. The molecule has 1 fully saturated rings. The Morgan fingerprint density at radius 3 is 2.36 bits per heavy atom. The normalized spacial score (nSPS) is 14.3. The molecule has 0 bridgehead atoms. The maximum absolute atomic E-state index is 13.7. The van der Waals surface area contributed by atoms with Gasteiger partial charge < -0.3 is 14.9 Å². The highest BCUT2D eigenvalue weighted by atomic mass is 32.1. The zero-order valence-electron chi connectivity index (χ0n) is 13.5. The predicted molar refractivity (Wildman–Crippen MR) is 98.4 cm³/mol. The second-order valence-corrected chi connectivity index (χ2v) is 6.09. The molecule has 1 saturated heterocycles. The van der Waals surface area contributed by atoms with Gasteiger partial charge in [0, 0.05) is 26.2 Å². The molecule has 3 rings (SSSR count). The van der Waals surface area contributed by atoms with E-state index in [4.69, 9.17) is 12.2 Å². The first-order valence-corrected chi connectivity index (χ1v) is 8.35. The number of amides is 1. The molecule has 0 aliphatic carbocycles. The first kappa shape index (κ1) is 17.2. The second kappa shape index (κ2) is 7.48. The molecule has 1 aliphatic rings. The summed E-state index contributed by atoms with van der Waals surface area (Å²) in [6, 6.07) is 13.0. The number of phenolic OH excluding ortho intramolecular Hbond substituents is 1. The van der Waals surface area contributed by atoms with Crippen molar-refractivity contribution in [3.05, 3.63) is 59.9 Å². The van der Waals surface area contributed by atoms with Crippen LogP contribution in [-0.2, 0) is 0 Å². The van der Waals surface area contributed by atoms with E-state index in [1.165, 1.54) is 18.2 Å². The Morgan fingerprint density at radius 2 is 1.68 bits per heavy atom. The molecule has 0 radical (unpaired) electrons. The lowest BCUT2D eigenvalue weighted by Gasteiger charge is -2.37. The lowest BCUT2D eigenvalue weighted by Crippen LogP contribution is -2.52. The van der Waals surface area contributed by atoms with E-state index in [-0.39, 0.29) is 16.4 Å². The van der Waals surface area contributed by atoms with Crippen molar-refractivity contribution in [3.63, 3.8) is 0 Å². The van der Waals surface area contributed by atoms with Crippen LogP contribution in [-0.4, -0.2) is 47.2 Å². The van der Waals surface area contributed by atoms with Gasteiger partial charge in [0.05, 0.1) is 11.3 Å². The van der Waals surface area contributed by atoms with Gasteiger partial charge in [0.2, 0.25) is 0 Å². The van der Waals surface area contributed by atoms with Crippen molar-refractivity contribution in [3.8, 4) is 5.75 Å². The van der Waals surface area contributed by atoms with E-state index in [9.17, 15) is 14.3 Å². The van der Waals surface area contributed by atoms with E-state index in [0.717, 1.165) is 5.69 Å². The molecule has 130 valence electrons. The lowest BCUT2D eigenvalue weighted by molar-refractivity contribution is 0.0969. The molecular weight excluding hydrogens is 341 g/mol. The van der Waals surface area contributed by atoms with Gasteiger partial charge in [-0.2, -0.15) is 0 Å². The zero-order chi connectivity index (χ0) is 17.8. The number of hydrogen-bond acceptors (Lipinski definition) is 4. The van der Waals surface area contributed by atoms with Crippen LogP contribution in [0.4, 0.5) is 10.1 Å². The number of anilines is 1. The molecule has 25 heavy (non-hydrogen) atoms. The summed E-state index contributed by atoms with van der Waals surface area (Å²) in [6.07, 6.45) is 0. The number of phenols is 1. The number of para-hydroxylation sites is 2. The Hall–Kier alpha value is -2.67. The molecule has 2 N–H and O–H groups in total. The molecule has 1 aliphatic heterocycles. The number of thiocarbonyl (C=S) groups is 1. The first-order valence-electron chi connectivity index (χ1n) is 7.94. The number of aromatic hydroxyl groups is 1. The van der Waals surface area contributed by atoms with Gasteiger partial charge in [0.25, 0.3) is 5.91 Å². The number of rotatable bonds is 2. The highest BCUT2D eigenvalue weighted by Crippen LogP contribution is 2.27. The van der Waals surface area contributed by atoms with Crippen molar-refractivity contribution < 1.29 is 14.3 Å². The van der Waals surface area contributed by atoms with E-state index in [2.05, 4.69) is 10.2 Å². The van der Waals surface area contributed by atoms with Crippen LogP contribution in [0.2, 0.25) is 0 Å². The maximum Gasteiger partial charge on any atom is 0.260 e. The summed E-state index contributed by atoms with van der Waals surface area (Å²) in [7, 11) is 0.